The van der Waals surface area contributed by atoms with E-state index in [1.807, 2.05) is 0 Å². The van der Waals surface area contributed by atoms with Crippen LogP contribution in [0.4, 0.5) is 0 Å². The van der Waals surface area contributed by atoms with Gasteiger partial charge in [0.1, 0.15) is 0 Å². The first-order chi connectivity index (χ1) is 8.65. The van der Waals surface area contributed by atoms with Gasteiger partial charge in [-0.1, -0.05) is 0 Å². The second-order valence-corrected chi connectivity index (χ2v) is 6.57. The van der Waals surface area contributed by atoms with Crippen LogP contribution in [0.15, 0.2) is 0 Å². The highest BCUT2D eigenvalue weighted by Crippen LogP contribution is 2.20. The summed E-state index contributed by atoms with van der Waals surface area (Å²) in [5.74, 6) is 0.895. The Labute approximate surface area is 113 Å². The molecule has 18 heavy (non-hydrogen) atoms. The fourth-order valence-corrected chi connectivity index (χ4v) is 3.44. The van der Waals surface area contributed by atoms with Gasteiger partial charge in [-0.3, -0.25) is 0 Å². The van der Waals surface area contributed by atoms with E-state index in [1.165, 1.54) is 58.5 Å². The van der Waals surface area contributed by atoms with Crippen molar-refractivity contribution in [2.45, 2.75) is 52.1 Å². The van der Waals surface area contributed by atoms with Crippen LogP contribution in [0.1, 0.15) is 40.0 Å². The topological polar surface area (TPSA) is 18.5 Å². The number of likely N-dealkylation sites (tertiary alicyclic amines) is 1. The molecule has 0 spiro atoms. The summed E-state index contributed by atoms with van der Waals surface area (Å²) in [5, 5.41) is 3.59. The molecule has 2 aliphatic heterocycles. The van der Waals surface area contributed by atoms with Crippen LogP contribution in [-0.4, -0.2) is 61.2 Å². The number of nitrogens with one attached hydrogen (secondary N) is 1. The third-order valence-electron chi connectivity index (χ3n) is 4.47. The molecule has 106 valence electrons. The van der Waals surface area contributed by atoms with Crippen LogP contribution in [0.5, 0.6) is 0 Å². The number of piperidine rings is 1. The second kappa shape index (κ2) is 6.88. The predicted octanol–water partition coefficient (Wildman–Crippen LogP) is 1.79. The summed E-state index contributed by atoms with van der Waals surface area (Å²) >= 11 is 0. The Morgan fingerprint density at radius 2 is 2.00 bits per heavy atom. The molecule has 0 aromatic rings. The molecule has 2 atom stereocenters. The van der Waals surface area contributed by atoms with Crippen molar-refractivity contribution >= 4 is 0 Å². The molecule has 0 radical (unpaired) electrons. The number of nitrogens with zero attached hydrogens (tertiary/aromatic N) is 2. The van der Waals surface area contributed by atoms with Crippen molar-refractivity contribution in [3.63, 3.8) is 0 Å². The van der Waals surface area contributed by atoms with E-state index >= 15 is 0 Å². The van der Waals surface area contributed by atoms with Crippen molar-refractivity contribution in [2.24, 2.45) is 5.92 Å². The lowest BCUT2D eigenvalue weighted by molar-refractivity contribution is 0.110. The third kappa shape index (κ3) is 4.22. The van der Waals surface area contributed by atoms with Crippen LogP contribution in [0.3, 0.4) is 0 Å². The molecule has 0 bridgehead atoms. The standard InChI is InChI=1S/C15H31N3/c1-13(2)18-9-4-6-15(12-18)11-17-8-5-7-16-14(3)10-17/h13-16H,4-12H2,1-3H3. The van der Waals surface area contributed by atoms with Crippen LogP contribution in [0, 0.1) is 5.92 Å². The minimum absolute atomic E-state index is 0.664. The maximum Gasteiger partial charge on any atom is 0.0166 e. The summed E-state index contributed by atoms with van der Waals surface area (Å²) in [4.78, 5) is 5.35. The lowest BCUT2D eigenvalue weighted by atomic mass is 9.96. The smallest absolute Gasteiger partial charge is 0.0166 e. The van der Waals surface area contributed by atoms with Gasteiger partial charge in [0.15, 0.2) is 0 Å². The van der Waals surface area contributed by atoms with Gasteiger partial charge < -0.3 is 15.1 Å². The van der Waals surface area contributed by atoms with E-state index in [1.54, 1.807) is 0 Å². The molecule has 0 aromatic heterocycles. The Bertz CT molecular complexity index is 242. The Morgan fingerprint density at radius 1 is 1.17 bits per heavy atom. The Balaban J connectivity index is 1.80. The highest BCUT2D eigenvalue weighted by molar-refractivity contribution is 4.80. The maximum atomic E-state index is 3.59. The van der Waals surface area contributed by atoms with Gasteiger partial charge in [0.2, 0.25) is 0 Å². The van der Waals surface area contributed by atoms with Gasteiger partial charge in [0, 0.05) is 31.7 Å². The van der Waals surface area contributed by atoms with Crippen LogP contribution in [0.2, 0.25) is 0 Å². The lowest BCUT2D eigenvalue weighted by Gasteiger charge is -2.37. The van der Waals surface area contributed by atoms with Crippen LogP contribution in [0.25, 0.3) is 0 Å². The largest absolute Gasteiger partial charge is 0.313 e. The van der Waals surface area contributed by atoms with Crippen LogP contribution in [-0.2, 0) is 0 Å². The molecule has 2 fully saturated rings. The van der Waals surface area contributed by atoms with Gasteiger partial charge in [-0.15, -0.1) is 0 Å². The van der Waals surface area contributed by atoms with Gasteiger partial charge in [-0.25, -0.2) is 0 Å². The molecule has 2 unspecified atom stereocenters. The number of hydrogen-bond donors (Lipinski definition) is 1. The van der Waals surface area contributed by atoms with Crippen LogP contribution >= 0.6 is 0 Å². The Kier molecular flexibility index (Phi) is 5.46. The number of hydrogen-bond acceptors (Lipinski definition) is 3. The highest BCUT2D eigenvalue weighted by atomic mass is 15.2. The van der Waals surface area contributed by atoms with Gasteiger partial charge in [-0.05, 0) is 65.6 Å². The molecule has 3 nitrogen and oxygen atoms in total. The zero-order valence-electron chi connectivity index (χ0n) is 12.5. The molecule has 2 rings (SSSR count). The average Bonchev–Trinajstić information content (AvgIpc) is 2.54. The van der Waals surface area contributed by atoms with E-state index in [0.29, 0.717) is 6.04 Å². The summed E-state index contributed by atoms with van der Waals surface area (Å²) in [7, 11) is 0. The Morgan fingerprint density at radius 3 is 2.78 bits per heavy atom. The van der Waals surface area contributed by atoms with Gasteiger partial charge >= 0.3 is 0 Å². The molecule has 0 amide bonds. The normalized spacial score (nSPS) is 32.7. The van der Waals surface area contributed by atoms with E-state index in [-0.39, 0.29) is 0 Å². The first kappa shape index (κ1) is 14.3. The van der Waals surface area contributed by atoms with E-state index in [0.717, 1.165) is 12.0 Å². The third-order valence-corrected chi connectivity index (χ3v) is 4.47. The van der Waals surface area contributed by atoms with E-state index in [9.17, 15) is 0 Å². The molecule has 2 saturated heterocycles. The second-order valence-electron chi connectivity index (χ2n) is 6.57. The fourth-order valence-electron chi connectivity index (χ4n) is 3.44. The quantitative estimate of drug-likeness (QED) is 0.827. The Hall–Kier alpha value is -0.120. The number of rotatable bonds is 3. The summed E-state index contributed by atoms with van der Waals surface area (Å²) in [6.45, 7) is 14.6. The highest BCUT2D eigenvalue weighted by Gasteiger charge is 2.24. The van der Waals surface area contributed by atoms with Crippen molar-refractivity contribution in [2.75, 3.05) is 39.3 Å². The molecule has 0 saturated carbocycles. The van der Waals surface area contributed by atoms with E-state index < -0.39 is 0 Å². The first-order valence-corrected chi connectivity index (χ1v) is 7.85. The zero-order chi connectivity index (χ0) is 13.0. The minimum Gasteiger partial charge on any atom is -0.313 e. The van der Waals surface area contributed by atoms with Crippen molar-refractivity contribution in [1.82, 2.24) is 15.1 Å². The maximum absolute atomic E-state index is 3.59. The van der Waals surface area contributed by atoms with Crippen molar-refractivity contribution in [3.05, 3.63) is 0 Å². The molecular formula is C15H31N3. The monoisotopic (exact) mass is 253 g/mol. The molecular weight excluding hydrogens is 222 g/mol. The lowest BCUT2D eigenvalue weighted by Crippen LogP contribution is -2.45. The molecule has 0 aliphatic carbocycles. The van der Waals surface area contributed by atoms with Crippen LogP contribution < -0.4 is 5.32 Å². The van der Waals surface area contributed by atoms with E-state index in [4.69, 9.17) is 0 Å². The van der Waals surface area contributed by atoms with Gasteiger partial charge in [-0.2, -0.15) is 0 Å². The van der Waals surface area contributed by atoms with Crippen molar-refractivity contribution < 1.29 is 0 Å². The van der Waals surface area contributed by atoms with E-state index in [2.05, 4.69) is 35.9 Å². The van der Waals surface area contributed by atoms with Crippen molar-refractivity contribution in [3.8, 4) is 0 Å². The molecule has 3 heteroatoms. The minimum atomic E-state index is 0.664. The summed E-state index contributed by atoms with van der Waals surface area (Å²) in [6.07, 6.45) is 4.14. The summed E-state index contributed by atoms with van der Waals surface area (Å²) < 4.78 is 0. The molecule has 0 aromatic carbocycles. The summed E-state index contributed by atoms with van der Waals surface area (Å²) in [6, 6.07) is 1.38. The summed E-state index contributed by atoms with van der Waals surface area (Å²) in [5.41, 5.74) is 0. The average molecular weight is 253 g/mol. The van der Waals surface area contributed by atoms with Gasteiger partial charge in [0.25, 0.3) is 0 Å². The van der Waals surface area contributed by atoms with Crippen molar-refractivity contribution in [1.29, 1.82) is 0 Å². The SMILES string of the molecule is CC1CN(CC2CCCN(C(C)C)C2)CCCN1. The first-order valence-electron chi connectivity index (χ1n) is 7.85. The predicted molar refractivity (Wildman–Crippen MR) is 78.0 cm³/mol. The van der Waals surface area contributed by atoms with Gasteiger partial charge in [0.05, 0.1) is 0 Å². The fraction of sp³-hybridized carbons (Fsp3) is 1.00. The molecule has 2 aliphatic rings. The zero-order valence-corrected chi connectivity index (χ0v) is 12.5. The molecule has 2 heterocycles. The molecule has 1 N–H and O–H groups in total.